The van der Waals surface area contributed by atoms with Crippen LogP contribution in [0.5, 0.6) is 17.4 Å². The Balaban J connectivity index is 1.21. The fraction of sp³-hybridized carbons (Fsp3) is 0.214. The average Bonchev–Trinajstić information content (AvgIpc) is 3.39. The Bertz CT molecular complexity index is 1510. The van der Waals surface area contributed by atoms with Crippen LogP contribution in [0.4, 0.5) is 5.82 Å². The SMILES string of the molecule is COc1cc2c(N3CCC(Oc4cnc5ccccc5n4)C3)ncnc2cc1OCc1ccccc1. The molecule has 0 spiro atoms. The number of para-hydroxylation sites is 2. The predicted octanol–water partition coefficient (Wildman–Crippen LogP) is 4.82. The molecule has 36 heavy (non-hydrogen) atoms. The second-order valence-electron chi connectivity index (χ2n) is 8.66. The molecule has 1 atom stereocenters. The molecule has 1 saturated heterocycles. The van der Waals surface area contributed by atoms with Gasteiger partial charge in [0.2, 0.25) is 5.88 Å². The van der Waals surface area contributed by atoms with Crippen LogP contribution in [0.3, 0.4) is 0 Å². The Morgan fingerprint density at radius 3 is 2.58 bits per heavy atom. The summed E-state index contributed by atoms with van der Waals surface area (Å²) in [7, 11) is 1.64. The second-order valence-corrected chi connectivity index (χ2v) is 8.66. The normalized spacial score (nSPS) is 15.4. The van der Waals surface area contributed by atoms with Crippen molar-refractivity contribution in [2.45, 2.75) is 19.1 Å². The smallest absolute Gasteiger partial charge is 0.233 e. The highest BCUT2D eigenvalue weighted by atomic mass is 16.5. The van der Waals surface area contributed by atoms with Gasteiger partial charge in [0.05, 0.1) is 36.4 Å². The van der Waals surface area contributed by atoms with Gasteiger partial charge in [0, 0.05) is 24.4 Å². The molecule has 0 bridgehead atoms. The van der Waals surface area contributed by atoms with Crippen LogP contribution in [0.15, 0.2) is 79.3 Å². The fourth-order valence-corrected chi connectivity index (χ4v) is 4.49. The Morgan fingerprint density at radius 1 is 0.889 bits per heavy atom. The van der Waals surface area contributed by atoms with Crippen molar-refractivity contribution in [1.82, 2.24) is 19.9 Å². The maximum absolute atomic E-state index is 6.18. The molecule has 3 aromatic carbocycles. The minimum Gasteiger partial charge on any atom is -0.493 e. The summed E-state index contributed by atoms with van der Waals surface area (Å²) in [5, 5.41) is 0.910. The molecule has 0 N–H and O–H groups in total. The molecule has 0 saturated carbocycles. The first-order valence-corrected chi connectivity index (χ1v) is 11.9. The number of nitrogens with zero attached hydrogens (tertiary/aromatic N) is 5. The number of rotatable bonds is 7. The Hall–Kier alpha value is -4.46. The lowest BCUT2D eigenvalue weighted by Crippen LogP contribution is -2.25. The van der Waals surface area contributed by atoms with Crippen molar-refractivity contribution in [2.24, 2.45) is 0 Å². The highest BCUT2D eigenvalue weighted by molar-refractivity contribution is 5.92. The molecule has 8 heteroatoms. The van der Waals surface area contributed by atoms with Crippen LogP contribution < -0.4 is 19.1 Å². The molecule has 0 aliphatic carbocycles. The largest absolute Gasteiger partial charge is 0.493 e. The van der Waals surface area contributed by atoms with Crippen LogP contribution in [-0.2, 0) is 6.61 Å². The van der Waals surface area contributed by atoms with E-state index in [0.29, 0.717) is 30.5 Å². The minimum absolute atomic E-state index is 0.0131. The van der Waals surface area contributed by atoms with Crippen LogP contribution in [0.25, 0.3) is 21.9 Å². The quantitative estimate of drug-likeness (QED) is 0.329. The van der Waals surface area contributed by atoms with Crippen molar-refractivity contribution in [1.29, 1.82) is 0 Å². The fourth-order valence-electron chi connectivity index (χ4n) is 4.49. The Labute approximate surface area is 208 Å². The van der Waals surface area contributed by atoms with Gasteiger partial charge >= 0.3 is 0 Å². The number of anilines is 1. The van der Waals surface area contributed by atoms with Gasteiger partial charge in [-0.1, -0.05) is 42.5 Å². The van der Waals surface area contributed by atoms with E-state index in [1.54, 1.807) is 19.6 Å². The van der Waals surface area contributed by atoms with Crippen molar-refractivity contribution in [3.63, 3.8) is 0 Å². The summed E-state index contributed by atoms with van der Waals surface area (Å²) >= 11 is 0. The first kappa shape index (κ1) is 22.0. The second kappa shape index (κ2) is 9.65. The van der Waals surface area contributed by atoms with E-state index in [-0.39, 0.29) is 6.10 Å². The van der Waals surface area contributed by atoms with Gasteiger partial charge in [-0.2, -0.15) is 0 Å². The first-order valence-electron chi connectivity index (χ1n) is 11.9. The van der Waals surface area contributed by atoms with Crippen molar-refractivity contribution in [2.75, 3.05) is 25.1 Å². The number of fused-ring (bicyclic) bond motifs is 2. The summed E-state index contributed by atoms with van der Waals surface area (Å²) in [5.74, 6) is 2.68. The van der Waals surface area contributed by atoms with E-state index in [0.717, 1.165) is 46.3 Å². The molecule has 0 amide bonds. The standard InChI is InChI=1S/C28H25N5O3/c1-34-25-13-21-24(14-26(25)35-17-19-7-3-2-4-8-19)30-18-31-28(21)33-12-11-20(16-33)36-27-15-29-22-9-5-6-10-23(22)32-27/h2-10,13-15,18,20H,11-12,16-17H2,1H3. The molecule has 6 rings (SSSR count). The third-order valence-corrected chi connectivity index (χ3v) is 6.30. The molecule has 3 heterocycles. The van der Waals surface area contributed by atoms with E-state index in [9.17, 15) is 0 Å². The van der Waals surface area contributed by atoms with E-state index < -0.39 is 0 Å². The number of aromatic nitrogens is 4. The predicted molar refractivity (Wildman–Crippen MR) is 138 cm³/mol. The summed E-state index contributed by atoms with van der Waals surface area (Å²) < 4.78 is 17.9. The van der Waals surface area contributed by atoms with Crippen LogP contribution in [0, 0.1) is 0 Å². The zero-order valence-electron chi connectivity index (χ0n) is 19.9. The molecule has 1 aliphatic rings. The van der Waals surface area contributed by atoms with Gasteiger partial charge in [0.1, 0.15) is 24.9 Å². The van der Waals surface area contributed by atoms with Gasteiger partial charge in [-0.3, -0.25) is 0 Å². The topological polar surface area (TPSA) is 82.5 Å². The van der Waals surface area contributed by atoms with Crippen LogP contribution in [0.2, 0.25) is 0 Å². The van der Waals surface area contributed by atoms with Crippen molar-refractivity contribution < 1.29 is 14.2 Å². The van der Waals surface area contributed by atoms with E-state index in [4.69, 9.17) is 14.2 Å². The Morgan fingerprint density at radius 2 is 1.72 bits per heavy atom. The van der Waals surface area contributed by atoms with Gasteiger partial charge in [0.25, 0.3) is 0 Å². The van der Waals surface area contributed by atoms with Crippen molar-refractivity contribution in [3.05, 3.63) is 84.8 Å². The molecule has 1 fully saturated rings. The monoisotopic (exact) mass is 479 g/mol. The number of benzene rings is 3. The van der Waals surface area contributed by atoms with Crippen LogP contribution in [-0.4, -0.2) is 46.2 Å². The summed E-state index contributed by atoms with van der Waals surface area (Å²) in [4.78, 5) is 20.4. The van der Waals surface area contributed by atoms with E-state index >= 15 is 0 Å². The number of hydrogen-bond donors (Lipinski definition) is 0. The highest BCUT2D eigenvalue weighted by Gasteiger charge is 2.27. The van der Waals surface area contributed by atoms with Gasteiger partial charge in [-0.15, -0.1) is 0 Å². The van der Waals surface area contributed by atoms with E-state index in [1.807, 2.05) is 66.7 Å². The van der Waals surface area contributed by atoms with E-state index in [2.05, 4.69) is 24.8 Å². The lowest BCUT2D eigenvalue weighted by molar-refractivity contribution is 0.216. The molecule has 5 aromatic rings. The molecule has 0 radical (unpaired) electrons. The van der Waals surface area contributed by atoms with Gasteiger partial charge < -0.3 is 19.1 Å². The minimum atomic E-state index is -0.0131. The molecule has 2 aromatic heterocycles. The molecule has 8 nitrogen and oxygen atoms in total. The summed E-state index contributed by atoms with van der Waals surface area (Å²) in [6, 6.07) is 21.7. The number of hydrogen-bond acceptors (Lipinski definition) is 8. The highest BCUT2D eigenvalue weighted by Crippen LogP contribution is 2.36. The van der Waals surface area contributed by atoms with Crippen LogP contribution in [0.1, 0.15) is 12.0 Å². The van der Waals surface area contributed by atoms with E-state index in [1.165, 1.54) is 0 Å². The van der Waals surface area contributed by atoms with Crippen molar-refractivity contribution >= 4 is 27.8 Å². The summed E-state index contributed by atoms with van der Waals surface area (Å²) in [5.41, 5.74) is 3.56. The van der Waals surface area contributed by atoms with Gasteiger partial charge in [0.15, 0.2) is 11.5 Å². The summed E-state index contributed by atoms with van der Waals surface area (Å²) in [6.07, 6.45) is 4.12. The number of methoxy groups -OCH3 is 1. The maximum atomic E-state index is 6.18. The third kappa shape index (κ3) is 4.45. The molecule has 1 aliphatic heterocycles. The lowest BCUT2D eigenvalue weighted by Gasteiger charge is -2.20. The zero-order valence-corrected chi connectivity index (χ0v) is 19.9. The van der Waals surface area contributed by atoms with Gasteiger partial charge in [-0.05, 0) is 23.8 Å². The first-order chi connectivity index (χ1) is 17.8. The molecular weight excluding hydrogens is 454 g/mol. The van der Waals surface area contributed by atoms with Crippen molar-refractivity contribution in [3.8, 4) is 17.4 Å². The lowest BCUT2D eigenvalue weighted by atomic mass is 10.2. The van der Waals surface area contributed by atoms with Gasteiger partial charge in [-0.25, -0.2) is 19.9 Å². The molecule has 180 valence electrons. The maximum Gasteiger partial charge on any atom is 0.233 e. The van der Waals surface area contributed by atoms with Crippen LogP contribution >= 0.6 is 0 Å². The third-order valence-electron chi connectivity index (χ3n) is 6.30. The molecule has 1 unspecified atom stereocenters. The zero-order chi connectivity index (χ0) is 24.3. The summed E-state index contributed by atoms with van der Waals surface area (Å²) in [6.45, 7) is 1.95. The molecular formula is C28H25N5O3. The Kier molecular flexibility index (Phi) is 5.91. The average molecular weight is 480 g/mol. The number of ether oxygens (including phenoxy) is 3.